The maximum atomic E-state index is 7.41. The first kappa shape index (κ1) is 46.3. The highest BCUT2D eigenvalue weighted by molar-refractivity contribution is 7.25. The molecule has 0 fully saturated rings. The van der Waals surface area contributed by atoms with Gasteiger partial charge in [0.2, 0.25) is 7.28 Å². The Kier molecular flexibility index (Phi) is 9.35. The first-order valence-electron chi connectivity index (χ1n) is 27.6. The van der Waals surface area contributed by atoms with Crippen LogP contribution in [0.2, 0.25) is 0 Å². The quantitative estimate of drug-likeness (QED) is 0.179. The molecule has 15 rings (SSSR count). The van der Waals surface area contributed by atoms with Gasteiger partial charge >= 0.3 is 0 Å². The maximum absolute atomic E-state index is 7.41. The standard InChI is InChI=1S/C70H64BN2O2S/c1-66(2,3)40-22-24-41(25-23-40)72-52-34-44-43-32-48-51(70(10,11)30-28-67(48,4)5)37-57(43)76-56(44)35-45(52)58-59-42-19-15-16-20-54(42)74-64(59)60-46-33-49-50(69(8,9)29-27-68(49,6)7)36-53(46)73-62-47-31-39(38-17-13-12-14-18-38)21-26-55(47)75-65(62)71-61(58)63(60)73/h12-26,31-37,72H,27-30H2,1-11H3. The summed E-state index contributed by atoms with van der Waals surface area (Å²) < 4.78 is 19.8. The van der Waals surface area contributed by atoms with E-state index in [1.165, 1.54) is 82.9 Å². The Morgan fingerprint density at radius 3 is 1.84 bits per heavy atom. The van der Waals surface area contributed by atoms with Crippen molar-refractivity contribution in [2.45, 2.75) is 129 Å². The predicted octanol–water partition coefficient (Wildman–Crippen LogP) is 18.8. The van der Waals surface area contributed by atoms with E-state index in [2.05, 4.69) is 227 Å². The van der Waals surface area contributed by atoms with E-state index in [1.807, 2.05) is 11.3 Å². The fraction of sp³-hybridized carbons (Fsp3) is 0.286. The highest BCUT2D eigenvalue weighted by atomic mass is 32.1. The Balaban J connectivity index is 1.10. The van der Waals surface area contributed by atoms with E-state index in [1.54, 1.807) is 0 Å². The van der Waals surface area contributed by atoms with Gasteiger partial charge in [0.25, 0.3) is 0 Å². The Bertz CT molecular complexity index is 4490. The number of hydrogen-bond acceptors (Lipinski definition) is 4. The Labute approximate surface area is 450 Å². The number of nitrogens with one attached hydrogen (secondary N) is 1. The molecule has 4 nitrogen and oxygen atoms in total. The molecule has 0 saturated carbocycles. The molecule has 1 aliphatic heterocycles. The van der Waals surface area contributed by atoms with Crippen molar-refractivity contribution in [3.05, 3.63) is 161 Å². The van der Waals surface area contributed by atoms with E-state index in [-0.39, 0.29) is 27.1 Å². The molecule has 0 saturated heterocycles. The van der Waals surface area contributed by atoms with Crippen LogP contribution in [0.1, 0.15) is 130 Å². The molecular formula is C70H64BN2O2S. The van der Waals surface area contributed by atoms with Crippen LogP contribution >= 0.6 is 11.3 Å². The number of benzene rings is 8. The topological polar surface area (TPSA) is 43.2 Å². The first-order valence-corrected chi connectivity index (χ1v) is 28.5. The molecule has 0 amide bonds. The van der Waals surface area contributed by atoms with Crippen molar-refractivity contribution in [1.82, 2.24) is 4.57 Å². The Hall–Kier alpha value is -7.02. The lowest BCUT2D eigenvalue weighted by Crippen LogP contribution is -2.36. The van der Waals surface area contributed by atoms with Gasteiger partial charge < -0.3 is 18.7 Å². The van der Waals surface area contributed by atoms with Crippen LogP contribution in [0.4, 0.5) is 11.4 Å². The third-order valence-corrected chi connectivity index (χ3v) is 19.8. The molecular weight excluding hydrogens is 944 g/mol. The number of anilines is 2. The average Bonchev–Trinajstić information content (AvgIpc) is 4.24. The summed E-state index contributed by atoms with van der Waals surface area (Å²) in [4.78, 5) is 0. The summed E-state index contributed by atoms with van der Waals surface area (Å²) in [6.07, 6.45) is 4.62. The fourth-order valence-electron chi connectivity index (χ4n) is 14.0. The fourth-order valence-corrected chi connectivity index (χ4v) is 15.1. The predicted molar refractivity (Wildman–Crippen MR) is 326 cm³/mol. The van der Waals surface area contributed by atoms with Crippen LogP contribution in [-0.2, 0) is 27.1 Å². The summed E-state index contributed by atoms with van der Waals surface area (Å²) in [7, 11) is 2.37. The largest absolute Gasteiger partial charge is 0.469 e. The molecule has 5 heterocycles. The monoisotopic (exact) mass is 1010 g/mol. The number of fused-ring (bicyclic) bond motifs is 16. The summed E-state index contributed by atoms with van der Waals surface area (Å²) in [6, 6.07) is 50.5. The van der Waals surface area contributed by atoms with Gasteiger partial charge in [-0.25, -0.2) is 0 Å². The molecule has 0 bridgehead atoms. The Morgan fingerprint density at radius 1 is 0.539 bits per heavy atom. The summed E-state index contributed by atoms with van der Waals surface area (Å²) in [5, 5.41) is 12.4. The van der Waals surface area contributed by atoms with E-state index >= 15 is 0 Å². The van der Waals surface area contributed by atoms with Gasteiger partial charge in [-0.05, 0) is 169 Å². The molecule has 0 spiro atoms. The van der Waals surface area contributed by atoms with Crippen LogP contribution < -0.4 is 16.4 Å². The minimum Gasteiger partial charge on any atom is -0.469 e. The number of rotatable bonds is 4. The van der Waals surface area contributed by atoms with Crippen LogP contribution in [0, 0.1) is 0 Å². The molecule has 0 atom stereocenters. The van der Waals surface area contributed by atoms with Gasteiger partial charge in [0.05, 0.1) is 27.8 Å². The van der Waals surface area contributed by atoms with E-state index in [9.17, 15) is 0 Å². The SMILES string of the molecule is CC(C)(C)c1ccc(Nc2cc3c(cc2-c2c4c5c(c6cc7c(cc6n5-c5c(oc6ccc(-c8ccccc8)cc56)[B]4)C(C)(C)CCC7(C)C)c4oc5ccccc5c24)sc2cc4c(cc23)C(C)(C)CCC4(C)C)cc1. The zero-order valence-corrected chi connectivity index (χ0v) is 46.6. The number of nitrogens with zero attached hydrogens (tertiary/aromatic N) is 1. The van der Waals surface area contributed by atoms with Crippen molar-refractivity contribution in [2.24, 2.45) is 0 Å². The number of para-hydroxylation sites is 1. The highest BCUT2D eigenvalue weighted by Gasteiger charge is 2.41. The number of thiophene rings is 1. The second-order valence-electron chi connectivity index (χ2n) is 26.5. The number of hydrogen-bond donors (Lipinski definition) is 1. The number of aromatic nitrogens is 1. The lowest BCUT2D eigenvalue weighted by atomic mass is 9.61. The third-order valence-electron chi connectivity index (χ3n) is 18.7. The molecule has 1 radical (unpaired) electrons. The van der Waals surface area contributed by atoms with Crippen LogP contribution in [0.5, 0.6) is 0 Å². The molecule has 3 aliphatic rings. The van der Waals surface area contributed by atoms with Gasteiger partial charge in [0.1, 0.15) is 16.7 Å². The van der Waals surface area contributed by atoms with Gasteiger partial charge in [-0.1, -0.05) is 143 Å². The molecule has 4 aromatic heterocycles. The lowest BCUT2D eigenvalue weighted by Gasteiger charge is -2.42. The molecule has 0 unspecified atom stereocenters. The smallest absolute Gasteiger partial charge is 0.247 e. The zero-order chi connectivity index (χ0) is 52.2. The van der Waals surface area contributed by atoms with Gasteiger partial charge in [-0.2, -0.15) is 0 Å². The molecule has 1 N–H and O–H groups in total. The summed E-state index contributed by atoms with van der Waals surface area (Å²) in [6.45, 7) is 26.4. The van der Waals surface area contributed by atoms with E-state index in [0.29, 0.717) is 0 Å². The van der Waals surface area contributed by atoms with Crippen molar-refractivity contribution in [1.29, 1.82) is 0 Å². The maximum Gasteiger partial charge on any atom is 0.247 e. The molecule has 6 heteroatoms. The minimum absolute atomic E-state index is 0.00287. The van der Waals surface area contributed by atoms with E-state index < -0.39 is 0 Å². The van der Waals surface area contributed by atoms with Crippen molar-refractivity contribution in [3.8, 4) is 27.9 Å². The van der Waals surface area contributed by atoms with Crippen molar-refractivity contribution in [2.75, 3.05) is 5.32 Å². The summed E-state index contributed by atoms with van der Waals surface area (Å²) in [5.74, 6) is 0. The van der Waals surface area contributed by atoms with Gasteiger partial charge in [0, 0.05) is 58.7 Å². The van der Waals surface area contributed by atoms with Gasteiger partial charge in [-0.15, -0.1) is 11.3 Å². The van der Waals surface area contributed by atoms with Crippen molar-refractivity contribution < 1.29 is 8.83 Å². The summed E-state index contributed by atoms with van der Waals surface area (Å²) in [5.41, 5.74) is 22.3. The molecule has 8 aromatic carbocycles. The van der Waals surface area contributed by atoms with E-state index in [0.717, 1.165) is 96.0 Å². The lowest BCUT2D eigenvalue weighted by molar-refractivity contribution is 0.332. The minimum atomic E-state index is -0.00287. The molecule has 2 aliphatic carbocycles. The van der Waals surface area contributed by atoms with Gasteiger partial charge in [0.15, 0.2) is 0 Å². The average molecular weight is 1010 g/mol. The van der Waals surface area contributed by atoms with Crippen LogP contribution in [0.15, 0.2) is 142 Å². The molecule has 375 valence electrons. The number of furan rings is 2. The normalized spacial score (nSPS) is 17.2. The highest BCUT2D eigenvalue weighted by Crippen LogP contribution is 2.54. The summed E-state index contributed by atoms with van der Waals surface area (Å²) >= 11 is 1.93. The van der Waals surface area contributed by atoms with Crippen LogP contribution in [0.3, 0.4) is 0 Å². The second kappa shape index (κ2) is 15.3. The van der Waals surface area contributed by atoms with E-state index in [4.69, 9.17) is 8.83 Å². The van der Waals surface area contributed by atoms with Gasteiger partial charge in [-0.3, -0.25) is 0 Å². The first-order chi connectivity index (χ1) is 36.2. The van der Waals surface area contributed by atoms with Crippen LogP contribution in [-0.4, -0.2) is 11.8 Å². The van der Waals surface area contributed by atoms with Crippen LogP contribution in [0.25, 0.3) is 103 Å². The van der Waals surface area contributed by atoms with Crippen molar-refractivity contribution in [3.63, 3.8) is 0 Å². The molecule has 12 aromatic rings. The second-order valence-corrected chi connectivity index (χ2v) is 27.6. The Morgan fingerprint density at radius 2 is 1.14 bits per heavy atom. The third kappa shape index (κ3) is 6.55. The molecule has 76 heavy (non-hydrogen) atoms. The van der Waals surface area contributed by atoms with Crippen molar-refractivity contribution >= 4 is 116 Å². The zero-order valence-electron chi connectivity index (χ0n) is 45.8.